The molecule has 0 aromatic heterocycles. The quantitative estimate of drug-likeness (QED) is 0.747. The minimum atomic E-state index is 0.723. The molecule has 2 saturated heterocycles. The molecule has 2 fully saturated rings. The Labute approximate surface area is 164 Å². The van der Waals surface area contributed by atoms with Gasteiger partial charge in [-0.15, -0.1) is 0 Å². The smallest absolute Gasteiger partial charge is 0.0991 e. The molecule has 0 bridgehead atoms. The number of rotatable bonds is 5. The summed E-state index contributed by atoms with van der Waals surface area (Å²) < 4.78 is 0. The fraction of sp³-hybridized carbons (Fsp3) is 0.522. The Kier molecular flexibility index (Phi) is 6.71. The zero-order valence-electron chi connectivity index (χ0n) is 16.8. The van der Waals surface area contributed by atoms with Crippen LogP contribution in [-0.4, -0.2) is 60.0 Å². The summed E-state index contributed by atoms with van der Waals surface area (Å²) in [6.45, 7) is 16.3. The summed E-state index contributed by atoms with van der Waals surface area (Å²) in [6, 6.07) is 10.9. The molecule has 0 N–H and O–H groups in total. The predicted molar refractivity (Wildman–Crippen MR) is 111 cm³/mol. The molecule has 0 unspecified atom stereocenters. The highest BCUT2D eigenvalue weighted by molar-refractivity contribution is 5.31. The van der Waals surface area contributed by atoms with E-state index in [1.807, 2.05) is 12.1 Å². The Morgan fingerprint density at radius 3 is 2.30 bits per heavy atom. The van der Waals surface area contributed by atoms with Crippen LogP contribution in [0.4, 0.5) is 0 Å². The first-order valence-corrected chi connectivity index (χ1v) is 10.1. The monoisotopic (exact) mass is 364 g/mol. The highest BCUT2D eigenvalue weighted by atomic mass is 15.3. The topological polar surface area (TPSA) is 33.5 Å². The van der Waals surface area contributed by atoms with Crippen LogP contribution >= 0.6 is 0 Å². The van der Waals surface area contributed by atoms with Gasteiger partial charge in [0.1, 0.15) is 0 Å². The van der Waals surface area contributed by atoms with Gasteiger partial charge in [0.15, 0.2) is 0 Å². The van der Waals surface area contributed by atoms with Gasteiger partial charge in [-0.25, -0.2) is 0 Å². The SMILES string of the molecule is C=C(/C(C)=C\C)N1CCN(C2CCN(Cc3ccc(C#N)cc3)CC2)CC1. The fourth-order valence-corrected chi connectivity index (χ4v) is 4.16. The number of hydrogen-bond acceptors (Lipinski definition) is 4. The minimum Gasteiger partial charge on any atom is -0.369 e. The molecule has 0 spiro atoms. The van der Waals surface area contributed by atoms with Crippen LogP contribution in [0.2, 0.25) is 0 Å². The molecule has 0 atom stereocenters. The molecule has 0 saturated carbocycles. The van der Waals surface area contributed by atoms with E-state index in [-0.39, 0.29) is 0 Å². The molecule has 144 valence electrons. The lowest BCUT2D eigenvalue weighted by molar-refractivity contribution is 0.0686. The predicted octanol–water partition coefficient (Wildman–Crippen LogP) is 3.62. The molecule has 27 heavy (non-hydrogen) atoms. The number of piperidine rings is 1. The Balaban J connectivity index is 1.43. The van der Waals surface area contributed by atoms with Crippen molar-refractivity contribution in [3.05, 3.63) is 59.3 Å². The van der Waals surface area contributed by atoms with Gasteiger partial charge in [0.05, 0.1) is 11.6 Å². The lowest BCUT2D eigenvalue weighted by Crippen LogP contribution is -2.52. The van der Waals surface area contributed by atoms with E-state index in [2.05, 4.69) is 59.4 Å². The Bertz CT molecular complexity index is 697. The first-order valence-electron chi connectivity index (χ1n) is 10.1. The molecule has 1 aromatic rings. The lowest BCUT2D eigenvalue weighted by atomic mass is 10.0. The van der Waals surface area contributed by atoms with Crippen LogP contribution in [0, 0.1) is 11.3 Å². The van der Waals surface area contributed by atoms with Crippen molar-refractivity contribution in [3.8, 4) is 6.07 Å². The molecular formula is C23H32N4. The van der Waals surface area contributed by atoms with Gasteiger partial charge >= 0.3 is 0 Å². The zero-order valence-corrected chi connectivity index (χ0v) is 16.8. The van der Waals surface area contributed by atoms with Gasteiger partial charge in [-0.2, -0.15) is 5.26 Å². The van der Waals surface area contributed by atoms with Crippen molar-refractivity contribution in [1.29, 1.82) is 5.26 Å². The Morgan fingerprint density at radius 1 is 1.11 bits per heavy atom. The summed E-state index contributed by atoms with van der Waals surface area (Å²) in [4.78, 5) is 7.67. The van der Waals surface area contributed by atoms with Crippen molar-refractivity contribution >= 4 is 0 Å². The average molecular weight is 365 g/mol. The van der Waals surface area contributed by atoms with Gasteiger partial charge in [-0.1, -0.05) is 24.8 Å². The van der Waals surface area contributed by atoms with E-state index >= 15 is 0 Å². The summed E-state index contributed by atoms with van der Waals surface area (Å²) in [5.74, 6) is 0. The second kappa shape index (κ2) is 9.21. The lowest BCUT2D eigenvalue weighted by Gasteiger charge is -2.44. The molecule has 2 aliphatic rings. The molecule has 3 rings (SSSR count). The Morgan fingerprint density at radius 2 is 1.74 bits per heavy atom. The van der Waals surface area contributed by atoms with E-state index in [9.17, 15) is 0 Å². The number of benzene rings is 1. The van der Waals surface area contributed by atoms with Gasteiger partial charge in [0, 0.05) is 44.5 Å². The number of allylic oxidation sites excluding steroid dienone is 2. The zero-order chi connectivity index (χ0) is 19.2. The molecule has 2 aliphatic heterocycles. The van der Waals surface area contributed by atoms with E-state index in [4.69, 9.17) is 5.26 Å². The highest BCUT2D eigenvalue weighted by Gasteiger charge is 2.27. The van der Waals surface area contributed by atoms with Crippen LogP contribution in [0.5, 0.6) is 0 Å². The number of nitrogens with zero attached hydrogens (tertiary/aromatic N) is 4. The largest absolute Gasteiger partial charge is 0.369 e. The molecule has 4 heteroatoms. The first-order chi connectivity index (χ1) is 13.1. The van der Waals surface area contributed by atoms with E-state index in [1.165, 1.54) is 29.7 Å². The van der Waals surface area contributed by atoms with Gasteiger partial charge in [0.2, 0.25) is 0 Å². The van der Waals surface area contributed by atoms with Crippen LogP contribution in [0.15, 0.2) is 48.2 Å². The van der Waals surface area contributed by atoms with Gasteiger partial charge in [-0.05, 0) is 63.0 Å². The first kappa shape index (κ1) is 19.7. The van der Waals surface area contributed by atoms with Gasteiger partial charge in [0.25, 0.3) is 0 Å². The third kappa shape index (κ3) is 5.00. The highest BCUT2D eigenvalue weighted by Crippen LogP contribution is 2.22. The second-order valence-electron chi connectivity index (χ2n) is 7.76. The molecule has 0 amide bonds. The molecule has 2 heterocycles. The van der Waals surface area contributed by atoms with Crippen molar-refractivity contribution in [3.63, 3.8) is 0 Å². The Hall–Kier alpha value is -2.09. The van der Waals surface area contributed by atoms with Crippen LogP contribution < -0.4 is 0 Å². The van der Waals surface area contributed by atoms with Gasteiger partial charge in [-0.3, -0.25) is 9.80 Å². The van der Waals surface area contributed by atoms with E-state index in [0.717, 1.165) is 57.4 Å². The summed E-state index contributed by atoms with van der Waals surface area (Å²) in [5.41, 5.74) is 4.52. The number of nitriles is 1. The summed E-state index contributed by atoms with van der Waals surface area (Å²) >= 11 is 0. The number of likely N-dealkylation sites (tertiary alicyclic amines) is 1. The number of piperazine rings is 1. The van der Waals surface area contributed by atoms with Gasteiger partial charge < -0.3 is 4.90 Å². The van der Waals surface area contributed by atoms with E-state index in [1.54, 1.807) is 0 Å². The van der Waals surface area contributed by atoms with Crippen molar-refractivity contribution in [1.82, 2.24) is 14.7 Å². The van der Waals surface area contributed by atoms with Crippen molar-refractivity contribution < 1.29 is 0 Å². The standard InChI is InChI=1S/C23H32N4/c1-4-19(2)20(3)26-13-15-27(16-14-26)23-9-11-25(12-10-23)18-22-7-5-21(17-24)6-8-22/h4-8,23H,3,9-16,18H2,1-2H3/b19-4-. The third-order valence-corrected chi connectivity index (χ3v) is 6.15. The molecule has 0 aliphatic carbocycles. The van der Waals surface area contributed by atoms with Crippen LogP contribution in [0.25, 0.3) is 0 Å². The second-order valence-corrected chi connectivity index (χ2v) is 7.76. The number of hydrogen-bond donors (Lipinski definition) is 0. The minimum absolute atomic E-state index is 0.723. The summed E-state index contributed by atoms with van der Waals surface area (Å²) in [7, 11) is 0. The van der Waals surface area contributed by atoms with Crippen LogP contribution in [0.1, 0.15) is 37.8 Å². The van der Waals surface area contributed by atoms with Crippen LogP contribution in [0.3, 0.4) is 0 Å². The maximum Gasteiger partial charge on any atom is 0.0991 e. The summed E-state index contributed by atoms with van der Waals surface area (Å²) in [5, 5.41) is 8.91. The molecule has 4 nitrogen and oxygen atoms in total. The molecule has 0 radical (unpaired) electrons. The van der Waals surface area contributed by atoms with Crippen LogP contribution in [-0.2, 0) is 6.54 Å². The van der Waals surface area contributed by atoms with E-state index in [0.29, 0.717) is 0 Å². The molecule has 1 aromatic carbocycles. The fourth-order valence-electron chi connectivity index (χ4n) is 4.16. The maximum absolute atomic E-state index is 8.91. The third-order valence-electron chi connectivity index (χ3n) is 6.15. The maximum atomic E-state index is 8.91. The van der Waals surface area contributed by atoms with Crippen molar-refractivity contribution in [2.24, 2.45) is 0 Å². The average Bonchev–Trinajstić information content (AvgIpc) is 2.74. The van der Waals surface area contributed by atoms with E-state index < -0.39 is 0 Å². The normalized spacial score (nSPS) is 20.5. The molecular weight excluding hydrogens is 332 g/mol. The van der Waals surface area contributed by atoms with Crippen molar-refractivity contribution in [2.75, 3.05) is 39.3 Å². The summed E-state index contributed by atoms with van der Waals surface area (Å²) in [6.07, 6.45) is 4.66. The van der Waals surface area contributed by atoms with Crippen molar-refractivity contribution in [2.45, 2.75) is 39.3 Å².